The molecule has 196 valence electrons. The zero-order valence-corrected chi connectivity index (χ0v) is 22.1. The highest BCUT2D eigenvalue weighted by molar-refractivity contribution is 6.32. The number of likely N-dealkylation sites (tertiary alicyclic amines) is 1. The first-order chi connectivity index (χ1) is 18.2. The molecule has 2 aliphatic heterocycles. The number of benzene rings is 1. The average molecular weight is 523 g/mol. The third-order valence-corrected chi connectivity index (χ3v) is 7.43. The van der Waals surface area contributed by atoms with E-state index in [1.807, 2.05) is 37.5 Å². The number of anilines is 2. The molecule has 1 N–H and O–H groups in total. The van der Waals surface area contributed by atoms with E-state index >= 15 is 0 Å². The quantitative estimate of drug-likeness (QED) is 0.442. The molecular weight excluding hydrogens is 488 g/mol. The highest BCUT2D eigenvalue weighted by atomic mass is 35.5. The summed E-state index contributed by atoms with van der Waals surface area (Å²) in [6, 6.07) is 10.7. The van der Waals surface area contributed by atoms with Crippen LogP contribution in [0.15, 0.2) is 55.1 Å². The van der Waals surface area contributed by atoms with Gasteiger partial charge in [-0.05, 0) is 62.4 Å². The summed E-state index contributed by atoms with van der Waals surface area (Å²) < 4.78 is 5.69. The molecule has 9 nitrogen and oxygen atoms in total. The Bertz CT molecular complexity index is 1110. The van der Waals surface area contributed by atoms with E-state index in [0.717, 1.165) is 70.1 Å². The SMILES string of the molecule is CCOc1cc(CN2CCC(N(c3ncccn3)C3CCN(Nc4ncccn4)CC3)CC2)ccc1Cl. The number of hydrazine groups is 1. The van der Waals surface area contributed by atoms with Gasteiger partial charge in [0.2, 0.25) is 11.9 Å². The number of hydrogen-bond acceptors (Lipinski definition) is 9. The molecule has 0 bridgehead atoms. The Kier molecular flexibility index (Phi) is 8.65. The average Bonchev–Trinajstić information content (AvgIpc) is 2.94. The molecule has 0 amide bonds. The van der Waals surface area contributed by atoms with Crippen LogP contribution in [0.3, 0.4) is 0 Å². The molecule has 0 aliphatic carbocycles. The van der Waals surface area contributed by atoms with Gasteiger partial charge in [-0.3, -0.25) is 10.3 Å². The molecule has 5 rings (SSSR count). The first-order valence-corrected chi connectivity index (χ1v) is 13.5. The van der Waals surface area contributed by atoms with Gasteiger partial charge in [-0.2, -0.15) is 0 Å². The summed E-state index contributed by atoms with van der Waals surface area (Å²) in [5.74, 6) is 2.26. The Morgan fingerprint density at radius 3 is 2.19 bits per heavy atom. The third kappa shape index (κ3) is 6.66. The molecule has 0 spiro atoms. The lowest BCUT2D eigenvalue weighted by atomic mass is 9.97. The summed E-state index contributed by atoms with van der Waals surface area (Å²) in [5.41, 5.74) is 4.57. The molecule has 0 saturated carbocycles. The number of hydrogen-bond donors (Lipinski definition) is 1. The topological polar surface area (TPSA) is 82.5 Å². The van der Waals surface area contributed by atoms with E-state index in [0.29, 0.717) is 29.7 Å². The van der Waals surface area contributed by atoms with Gasteiger partial charge in [-0.1, -0.05) is 17.7 Å². The second-order valence-electron chi connectivity index (χ2n) is 9.56. The van der Waals surface area contributed by atoms with Gasteiger partial charge in [-0.25, -0.2) is 24.9 Å². The van der Waals surface area contributed by atoms with Crippen LogP contribution in [0.1, 0.15) is 38.2 Å². The van der Waals surface area contributed by atoms with E-state index < -0.39 is 0 Å². The van der Waals surface area contributed by atoms with Gasteiger partial charge < -0.3 is 9.64 Å². The van der Waals surface area contributed by atoms with Crippen LogP contribution >= 0.6 is 11.6 Å². The second-order valence-corrected chi connectivity index (χ2v) is 9.97. The molecule has 4 heterocycles. The maximum Gasteiger partial charge on any atom is 0.237 e. The van der Waals surface area contributed by atoms with Crippen molar-refractivity contribution in [3.63, 3.8) is 0 Å². The van der Waals surface area contributed by atoms with Crippen molar-refractivity contribution in [3.05, 3.63) is 65.7 Å². The van der Waals surface area contributed by atoms with Crippen LogP contribution < -0.4 is 15.1 Å². The van der Waals surface area contributed by atoms with Gasteiger partial charge in [0.15, 0.2) is 0 Å². The summed E-state index contributed by atoms with van der Waals surface area (Å²) in [6.45, 7) is 7.40. The lowest BCUT2D eigenvalue weighted by Crippen LogP contribution is -2.53. The zero-order chi connectivity index (χ0) is 25.5. The van der Waals surface area contributed by atoms with Gasteiger partial charge in [0.1, 0.15) is 5.75 Å². The van der Waals surface area contributed by atoms with Crippen molar-refractivity contribution in [1.29, 1.82) is 0 Å². The molecule has 37 heavy (non-hydrogen) atoms. The summed E-state index contributed by atoms with van der Waals surface area (Å²) in [4.78, 5) is 22.9. The van der Waals surface area contributed by atoms with Crippen LogP contribution in [-0.4, -0.2) is 74.7 Å². The fourth-order valence-corrected chi connectivity index (χ4v) is 5.50. The monoisotopic (exact) mass is 522 g/mol. The summed E-state index contributed by atoms with van der Waals surface area (Å²) in [7, 11) is 0. The minimum Gasteiger partial charge on any atom is -0.492 e. The number of halogens is 1. The lowest BCUT2D eigenvalue weighted by molar-refractivity contribution is 0.183. The number of piperidine rings is 2. The van der Waals surface area contributed by atoms with Crippen LogP contribution in [0.2, 0.25) is 5.02 Å². The van der Waals surface area contributed by atoms with Crippen LogP contribution in [0.5, 0.6) is 5.75 Å². The Balaban J connectivity index is 1.20. The van der Waals surface area contributed by atoms with Crippen LogP contribution in [0.4, 0.5) is 11.9 Å². The normalized spacial score (nSPS) is 18.0. The largest absolute Gasteiger partial charge is 0.492 e. The molecule has 2 aromatic heterocycles. The number of nitrogens with zero attached hydrogens (tertiary/aromatic N) is 7. The number of rotatable bonds is 9. The van der Waals surface area contributed by atoms with Crippen LogP contribution in [-0.2, 0) is 6.54 Å². The Morgan fingerprint density at radius 2 is 1.54 bits per heavy atom. The third-order valence-electron chi connectivity index (χ3n) is 7.12. The van der Waals surface area contributed by atoms with Crippen molar-refractivity contribution in [1.82, 2.24) is 29.8 Å². The Morgan fingerprint density at radius 1 is 0.919 bits per heavy atom. The smallest absolute Gasteiger partial charge is 0.237 e. The molecule has 2 aliphatic rings. The lowest BCUT2D eigenvalue weighted by Gasteiger charge is -2.45. The summed E-state index contributed by atoms with van der Waals surface area (Å²) in [5, 5.41) is 2.88. The molecule has 3 aromatic rings. The van der Waals surface area contributed by atoms with E-state index in [9.17, 15) is 0 Å². The maximum absolute atomic E-state index is 6.28. The first-order valence-electron chi connectivity index (χ1n) is 13.2. The molecule has 2 saturated heterocycles. The molecular formula is C27H35ClN8O. The molecule has 1 aromatic carbocycles. The van der Waals surface area contributed by atoms with Crippen molar-refractivity contribution < 1.29 is 4.74 Å². The summed E-state index contributed by atoms with van der Waals surface area (Å²) >= 11 is 6.28. The van der Waals surface area contributed by atoms with Crippen LogP contribution in [0.25, 0.3) is 0 Å². The van der Waals surface area contributed by atoms with Gasteiger partial charge in [0, 0.05) is 69.6 Å². The van der Waals surface area contributed by atoms with Crippen molar-refractivity contribution >= 4 is 23.5 Å². The predicted molar refractivity (Wildman–Crippen MR) is 146 cm³/mol. The Labute approximate surface area is 223 Å². The highest BCUT2D eigenvalue weighted by Gasteiger charge is 2.33. The molecule has 0 unspecified atom stereocenters. The van der Waals surface area contributed by atoms with Crippen molar-refractivity contribution in [3.8, 4) is 5.75 Å². The standard InChI is InChI=1S/C27H35ClN8O/c1-2-37-25-19-21(5-6-24(25)28)20-34-15-7-22(8-16-34)36(27-31-13-4-14-32-27)23-9-17-35(18-10-23)33-26-29-11-3-12-30-26/h3-6,11-14,19,22-23H,2,7-10,15-18,20H2,1H3,(H,29,30,33). The van der Waals surface area contributed by atoms with E-state index in [1.165, 1.54) is 5.56 Å². The number of nitrogens with one attached hydrogen (secondary N) is 1. The van der Waals surface area contributed by atoms with Crippen LogP contribution in [0, 0.1) is 0 Å². The zero-order valence-electron chi connectivity index (χ0n) is 21.3. The molecule has 0 atom stereocenters. The van der Waals surface area contributed by atoms with Crippen molar-refractivity contribution in [2.24, 2.45) is 0 Å². The fraction of sp³-hybridized carbons (Fsp3) is 0.481. The van der Waals surface area contributed by atoms with E-state index in [1.54, 1.807) is 12.4 Å². The first kappa shape index (κ1) is 25.6. The maximum atomic E-state index is 6.28. The molecule has 0 radical (unpaired) electrons. The van der Waals surface area contributed by atoms with Gasteiger partial charge in [0.05, 0.1) is 11.6 Å². The molecule has 2 fully saturated rings. The minimum absolute atomic E-state index is 0.402. The van der Waals surface area contributed by atoms with Gasteiger partial charge >= 0.3 is 0 Å². The van der Waals surface area contributed by atoms with Crippen molar-refractivity contribution in [2.45, 2.75) is 51.2 Å². The number of aromatic nitrogens is 4. The predicted octanol–water partition coefficient (Wildman–Crippen LogP) is 4.28. The molecule has 10 heteroatoms. The van der Waals surface area contributed by atoms with Crippen molar-refractivity contribution in [2.75, 3.05) is 43.1 Å². The van der Waals surface area contributed by atoms with E-state index in [4.69, 9.17) is 16.3 Å². The highest BCUT2D eigenvalue weighted by Crippen LogP contribution is 2.30. The van der Waals surface area contributed by atoms with E-state index in [2.05, 4.69) is 52.3 Å². The Hall–Kier alpha value is -3.01. The number of ether oxygens (including phenoxy) is 1. The van der Waals surface area contributed by atoms with Gasteiger partial charge in [0.25, 0.3) is 0 Å². The summed E-state index contributed by atoms with van der Waals surface area (Å²) in [6.07, 6.45) is 11.4. The van der Waals surface area contributed by atoms with E-state index in [-0.39, 0.29) is 0 Å². The second kappa shape index (κ2) is 12.5. The minimum atomic E-state index is 0.402. The fourth-order valence-electron chi connectivity index (χ4n) is 5.33. The van der Waals surface area contributed by atoms with Gasteiger partial charge in [-0.15, -0.1) is 0 Å².